The molecule has 0 amide bonds. The summed E-state index contributed by atoms with van der Waals surface area (Å²) in [5, 5.41) is 0. The van der Waals surface area contributed by atoms with Gasteiger partial charge in [0.1, 0.15) is 0 Å². The lowest BCUT2D eigenvalue weighted by Crippen LogP contribution is -1.96. The maximum absolute atomic E-state index is 9.56. The fourth-order valence-corrected chi connectivity index (χ4v) is 0.835. The molecule has 0 unspecified atom stereocenters. The molecule has 0 heterocycles. The highest BCUT2D eigenvalue weighted by molar-refractivity contribution is 5.36. The Morgan fingerprint density at radius 3 is 2.00 bits per heavy atom. The number of carbonyl (C=O) groups excluding carboxylic acids is 2. The van der Waals surface area contributed by atoms with E-state index in [1.54, 1.807) is 0 Å². The van der Waals surface area contributed by atoms with Gasteiger partial charge >= 0.3 is 0 Å². The number of rotatable bonds is 9. The maximum Gasteiger partial charge on any atom is 0.293 e. The van der Waals surface area contributed by atoms with Crippen LogP contribution in [0.5, 0.6) is 0 Å². The molecule has 0 N–H and O–H groups in total. The summed E-state index contributed by atoms with van der Waals surface area (Å²) in [7, 11) is 0. The van der Waals surface area contributed by atoms with Crippen molar-refractivity contribution in [3.05, 3.63) is 0 Å². The first-order valence-electron chi connectivity index (χ1n) is 5.79. The summed E-state index contributed by atoms with van der Waals surface area (Å²) < 4.78 is 8.92. The van der Waals surface area contributed by atoms with Crippen molar-refractivity contribution in [3.8, 4) is 0 Å². The zero-order chi connectivity index (χ0) is 12.6. The van der Waals surface area contributed by atoms with E-state index in [9.17, 15) is 9.59 Å². The molecule has 4 nitrogen and oxygen atoms in total. The fraction of sp³-hybridized carbons (Fsp3) is 0.833. The van der Waals surface area contributed by atoms with Gasteiger partial charge in [-0.15, -0.1) is 0 Å². The van der Waals surface area contributed by atoms with Gasteiger partial charge in [-0.05, 0) is 18.8 Å². The molecule has 96 valence electrons. The first-order valence-corrected chi connectivity index (χ1v) is 5.79. The lowest BCUT2D eigenvalue weighted by Gasteiger charge is -2.00. The van der Waals surface area contributed by atoms with Crippen LogP contribution in [0.1, 0.15) is 46.5 Å². The molecule has 0 rings (SSSR count). The van der Waals surface area contributed by atoms with Crippen LogP contribution >= 0.6 is 0 Å². The summed E-state index contributed by atoms with van der Waals surface area (Å²) in [6.45, 7) is 8.42. The molecule has 0 atom stereocenters. The molecule has 0 spiro atoms. The third-order valence-corrected chi connectivity index (χ3v) is 1.81. The van der Waals surface area contributed by atoms with Gasteiger partial charge in [-0.2, -0.15) is 0 Å². The molecule has 0 aromatic heterocycles. The largest absolute Gasteiger partial charge is 0.468 e. The number of hydrogen-bond acceptors (Lipinski definition) is 4. The van der Waals surface area contributed by atoms with E-state index >= 15 is 0 Å². The van der Waals surface area contributed by atoms with Crippen LogP contribution < -0.4 is 0 Å². The van der Waals surface area contributed by atoms with E-state index in [0.717, 1.165) is 19.3 Å². The van der Waals surface area contributed by atoms with Gasteiger partial charge in [0.25, 0.3) is 12.9 Å². The van der Waals surface area contributed by atoms with Crippen molar-refractivity contribution < 1.29 is 19.1 Å². The molecule has 0 aliphatic rings. The lowest BCUT2D eigenvalue weighted by atomic mass is 10.1. The quantitative estimate of drug-likeness (QED) is 0.453. The molecule has 4 heteroatoms. The Hall–Kier alpha value is -1.06. The Morgan fingerprint density at radius 1 is 1.00 bits per heavy atom. The predicted octanol–water partition coefficient (Wildman–Crippen LogP) is 2.56. The minimum Gasteiger partial charge on any atom is -0.468 e. The highest BCUT2D eigenvalue weighted by atomic mass is 16.5. The van der Waals surface area contributed by atoms with Gasteiger partial charge in [-0.25, -0.2) is 0 Å². The van der Waals surface area contributed by atoms with Crippen molar-refractivity contribution >= 4 is 12.9 Å². The average molecular weight is 232 g/mol. The second kappa shape index (κ2) is 16.4. The Balaban J connectivity index is 0. The van der Waals surface area contributed by atoms with Gasteiger partial charge in [-0.3, -0.25) is 9.59 Å². The van der Waals surface area contributed by atoms with Crippen LogP contribution in [-0.2, 0) is 19.1 Å². The van der Waals surface area contributed by atoms with Crippen LogP contribution in [0.2, 0.25) is 0 Å². The SMILES string of the molecule is CC(C)CCOC=O.CCCCCOC=O. The van der Waals surface area contributed by atoms with E-state index < -0.39 is 0 Å². The van der Waals surface area contributed by atoms with E-state index in [2.05, 4.69) is 30.2 Å². The highest BCUT2D eigenvalue weighted by Gasteiger charge is 1.90. The van der Waals surface area contributed by atoms with Crippen molar-refractivity contribution in [2.75, 3.05) is 13.2 Å². The molecule has 0 bridgehead atoms. The molecule has 0 fully saturated rings. The smallest absolute Gasteiger partial charge is 0.293 e. The number of hydrogen-bond donors (Lipinski definition) is 0. The molecular weight excluding hydrogens is 208 g/mol. The van der Waals surface area contributed by atoms with Gasteiger partial charge in [-0.1, -0.05) is 33.6 Å². The van der Waals surface area contributed by atoms with Gasteiger partial charge in [0.2, 0.25) is 0 Å². The third kappa shape index (κ3) is 23.1. The summed E-state index contributed by atoms with van der Waals surface area (Å²) in [4.78, 5) is 19.1. The number of ether oxygens (including phenoxy) is 2. The molecular formula is C12H24O4. The Kier molecular flexibility index (Phi) is 17.7. The van der Waals surface area contributed by atoms with Crippen LogP contribution in [-0.4, -0.2) is 26.2 Å². The summed E-state index contributed by atoms with van der Waals surface area (Å²) in [6.07, 6.45) is 4.27. The normalized spacial score (nSPS) is 9.00. The number of unbranched alkanes of at least 4 members (excludes halogenated alkanes) is 2. The first kappa shape index (κ1) is 17.3. The van der Waals surface area contributed by atoms with E-state index in [1.165, 1.54) is 6.42 Å². The van der Waals surface area contributed by atoms with Crippen LogP contribution in [0.3, 0.4) is 0 Å². The molecule has 0 saturated heterocycles. The molecule has 0 aromatic rings. The van der Waals surface area contributed by atoms with E-state index in [4.69, 9.17) is 0 Å². The van der Waals surface area contributed by atoms with Gasteiger partial charge in [0, 0.05) is 0 Å². The second-order valence-electron chi connectivity index (χ2n) is 3.82. The van der Waals surface area contributed by atoms with Crippen LogP contribution in [0, 0.1) is 5.92 Å². The standard InChI is InChI=1S/2C6H12O2/c1-6(2)3-4-8-5-7;1-2-3-4-5-8-6-7/h5-6H,3-4H2,1-2H3;6H,2-5H2,1H3. The first-order chi connectivity index (χ1) is 7.68. The Labute approximate surface area is 98.3 Å². The minimum absolute atomic E-state index is 0.488. The maximum atomic E-state index is 9.56. The summed E-state index contributed by atoms with van der Waals surface area (Å²) >= 11 is 0. The summed E-state index contributed by atoms with van der Waals surface area (Å²) in [6, 6.07) is 0. The van der Waals surface area contributed by atoms with Crippen molar-refractivity contribution in [3.63, 3.8) is 0 Å². The van der Waals surface area contributed by atoms with Gasteiger partial charge < -0.3 is 9.47 Å². The minimum atomic E-state index is 0.488. The average Bonchev–Trinajstić information content (AvgIpc) is 2.25. The van der Waals surface area contributed by atoms with E-state index in [1.807, 2.05) is 0 Å². The van der Waals surface area contributed by atoms with Crippen LogP contribution in [0.15, 0.2) is 0 Å². The van der Waals surface area contributed by atoms with Crippen molar-refractivity contribution in [1.82, 2.24) is 0 Å². The monoisotopic (exact) mass is 232 g/mol. The van der Waals surface area contributed by atoms with E-state index in [-0.39, 0.29) is 0 Å². The number of carbonyl (C=O) groups is 2. The van der Waals surface area contributed by atoms with Gasteiger partial charge in [0.15, 0.2) is 0 Å². The predicted molar refractivity (Wildman–Crippen MR) is 63.0 cm³/mol. The van der Waals surface area contributed by atoms with Crippen molar-refractivity contribution in [2.45, 2.75) is 46.5 Å². The topological polar surface area (TPSA) is 52.6 Å². The second-order valence-corrected chi connectivity index (χ2v) is 3.82. The molecule has 0 aliphatic heterocycles. The van der Waals surface area contributed by atoms with Crippen LogP contribution in [0.25, 0.3) is 0 Å². The zero-order valence-electron chi connectivity index (χ0n) is 10.6. The molecule has 0 aromatic carbocycles. The summed E-state index contributed by atoms with van der Waals surface area (Å²) in [5.41, 5.74) is 0. The van der Waals surface area contributed by atoms with Crippen molar-refractivity contribution in [2.24, 2.45) is 5.92 Å². The third-order valence-electron chi connectivity index (χ3n) is 1.81. The Morgan fingerprint density at radius 2 is 1.56 bits per heavy atom. The van der Waals surface area contributed by atoms with Gasteiger partial charge in [0.05, 0.1) is 13.2 Å². The fourth-order valence-electron chi connectivity index (χ4n) is 0.835. The highest BCUT2D eigenvalue weighted by Crippen LogP contribution is 1.97. The molecule has 0 radical (unpaired) electrons. The zero-order valence-corrected chi connectivity index (χ0v) is 10.6. The van der Waals surface area contributed by atoms with E-state index in [0.29, 0.717) is 32.1 Å². The molecule has 0 aliphatic carbocycles. The lowest BCUT2D eigenvalue weighted by molar-refractivity contribution is -0.129. The summed E-state index contributed by atoms with van der Waals surface area (Å²) in [5.74, 6) is 0.620. The van der Waals surface area contributed by atoms with Crippen LogP contribution in [0.4, 0.5) is 0 Å². The Bertz CT molecular complexity index is 146. The molecule has 16 heavy (non-hydrogen) atoms. The molecule has 0 saturated carbocycles. The van der Waals surface area contributed by atoms with Crippen molar-refractivity contribution in [1.29, 1.82) is 0 Å².